The fourth-order valence-corrected chi connectivity index (χ4v) is 1.69. The van der Waals surface area contributed by atoms with Crippen LogP contribution in [-0.2, 0) is 0 Å². The Morgan fingerprint density at radius 2 is 2.06 bits per heavy atom. The van der Waals surface area contributed by atoms with Gasteiger partial charge in [-0.15, -0.1) is 0 Å². The number of carbonyl (C=O) groups excluding carboxylic acids is 1. The third kappa shape index (κ3) is 1.48. The fourth-order valence-electron chi connectivity index (χ4n) is 1.69. The van der Waals surface area contributed by atoms with Crippen LogP contribution in [0.3, 0.4) is 0 Å². The molecular formula is C12H13N3O. The van der Waals surface area contributed by atoms with Gasteiger partial charge >= 0.3 is 0 Å². The molecule has 16 heavy (non-hydrogen) atoms. The summed E-state index contributed by atoms with van der Waals surface area (Å²) in [6.45, 7) is 1.94. The van der Waals surface area contributed by atoms with Crippen molar-refractivity contribution in [3.63, 3.8) is 0 Å². The van der Waals surface area contributed by atoms with Crippen LogP contribution in [0, 0.1) is 6.92 Å². The first-order chi connectivity index (χ1) is 7.65. The molecule has 4 nitrogen and oxygen atoms in total. The molecule has 2 aromatic rings. The highest BCUT2D eigenvalue weighted by Crippen LogP contribution is 2.25. The lowest BCUT2D eigenvalue weighted by atomic mass is 10.0. The van der Waals surface area contributed by atoms with Crippen LogP contribution in [-0.4, -0.2) is 17.9 Å². The summed E-state index contributed by atoms with van der Waals surface area (Å²) in [6.07, 6.45) is 1.60. The van der Waals surface area contributed by atoms with Gasteiger partial charge in [-0.25, -0.2) is 0 Å². The summed E-state index contributed by atoms with van der Waals surface area (Å²) in [5.41, 5.74) is 8.08. The van der Waals surface area contributed by atoms with Crippen molar-refractivity contribution >= 4 is 22.4 Å². The molecule has 0 spiro atoms. The van der Waals surface area contributed by atoms with Crippen molar-refractivity contribution in [2.45, 2.75) is 6.92 Å². The maximum atomic E-state index is 11.6. The van der Waals surface area contributed by atoms with Crippen molar-refractivity contribution in [2.24, 2.45) is 0 Å². The number of fused-ring (bicyclic) bond motifs is 1. The van der Waals surface area contributed by atoms with E-state index in [9.17, 15) is 4.79 Å². The van der Waals surface area contributed by atoms with Crippen molar-refractivity contribution in [1.82, 2.24) is 10.3 Å². The summed E-state index contributed by atoms with van der Waals surface area (Å²) in [6, 6.07) is 5.59. The van der Waals surface area contributed by atoms with Gasteiger partial charge in [0, 0.05) is 29.7 Å². The first-order valence-electron chi connectivity index (χ1n) is 5.01. The van der Waals surface area contributed by atoms with Gasteiger partial charge in [-0.3, -0.25) is 9.78 Å². The molecule has 0 atom stereocenters. The van der Waals surface area contributed by atoms with Gasteiger partial charge in [0.15, 0.2) is 0 Å². The minimum absolute atomic E-state index is 0.200. The van der Waals surface area contributed by atoms with Gasteiger partial charge in [-0.1, -0.05) is 12.1 Å². The molecule has 1 aromatic heterocycles. The molecular weight excluding hydrogens is 202 g/mol. The van der Waals surface area contributed by atoms with Crippen LogP contribution in [0.5, 0.6) is 0 Å². The van der Waals surface area contributed by atoms with E-state index in [-0.39, 0.29) is 5.91 Å². The second-order valence-corrected chi connectivity index (χ2v) is 3.63. The quantitative estimate of drug-likeness (QED) is 0.708. The number of anilines is 1. The van der Waals surface area contributed by atoms with Crippen molar-refractivity contribution in [2.75, 3.05) is 12.8 Å². The van der Waals surface area contributed by atoms with Crippen LogP contribution in [0.2, 0.25) is 0 Å². The molecule has 0 aliphatic rings. The number of nitrogens with two attached hydrogens (primary N) is 1. The monoisotopic (exact) mass is 215 g/mol. The van der Waals surface area contributed by atoms with Crippen molar-refractivity contribution < 1.29 is 4.79 Å². The highest BCUT2D eigenvalue weighted by Gasteiger charge is 2.11. The Morgan fingerprint density at radius 3 is 2.75 bits per heavy atom. The van der Waals surface area contributed by atoms with Crippen LogP contribution in [0.25, 0.3) is 10.8 Å². The van der Waals surface area contributed by atoms with Gasteiger partial charge in [0.1, 0.15) is 5.69 Å². The Hall–Kier alpha value is -2.10. The third-order valence-electron chi connectivity index (χ3n) is 2.65. The largest absolute Gasteiger partial charge is 0.398 e. The zero-order valence-electron chi connectivity index (χ0n) is 9.24. The second-order valence-electron chi connectivity index (χ2n) is 3.63. The topological polar surface area (TPSA) is 68.0 Å². The highest BCUT2D eigenvalue weighted by atomic mass is 16.1. The number of hydrogen-bond acceptors (Lipinski definition) is 3. The normalized spacial score (nSPS) is 10.4. The van der Waals surface area contributed by atoms with E-state index in [1.165, 1.54) is 0 Å². The molecule has 1 heterocycles. The van der Waals surface area contributed by atoms with Gasteiger partial charge in [0.05, 0.1) is 0 Å². The van der Waals surface area contributed by atoms with Crippen LogP contribution in [0.4, 0.5) is 5.69 Å². The number of carbonyl (C=O) groups is 1. The first-order valence-corrected chi connectivity index (χ1v) is 5.01. The molecule has 1 amide bonds. The maximum absolute atomic E-state index is 11.6. The van der Waals surface area contributed by atoms with E-state index in [4.69, 9.17) is 5.73 Å². The van der Waals surface area contributed by atoms with Crippen molar-refractivity contribution in [1.29, 1.82) is 0 Å². The minimum Gasteiger partial charge on any atom is -0.398 e. The molecule has 0 fully saturated rings. The lowest BCUT2D eigenvalue weighted by Gasteiger charge is -2.08. The van der Waals surface area contributed by atoms with E-state index in [2.05, 4.69) is 10.3 Å². The Balaban J connectivity index is 2.79. The molecule has 3 N–H and O–H groups in total. The van der Waals surface area contributed by atoms with E-state index in [0.717, 1.165) is 16.3 Å². The number of benzene rings is 1. The molecule has 0 bridgehead atoms. The smallest absolute Gasteiger partial charge is 0.270 e. The predicted molar refractivity (Wildman–Crippen MR) is 64.3 cm³/mol. The van der Waals surface area contributed by atoms with Gasteiger partial charge in [0.25, 0.3) is 5.91 Å². The highest BCUT2D eigenvalue weighted by molar-refractivity contribution is 6.08. The summed E-state index contributed by atoms with van der Waals surface area (Å²) in [5.74, 6) is -0.200. The summed E-state index contributed by atoms with van der Waals surface area (Å²) in [7, 11) is 1.58. The Bertz CT molecular complexity index is 563. The number of aryl methyl sites for hydroxylation is 1. The maximum Gasteiger partial charge on any atom is 0.270 e. The summed E-state index contributed by atoms with van der Waals surface area (Å²) >= 11 is 0. The number of rotatable bonds is 1. The molecule has 1 aromatic carbocycles. The van der Waals surface area contributed by atoms with E-state index in [0.29, 0.717) is 11.4 Å². The predicted octanol–water partition coefficient (Wildman–Crippen LogP) is 1.49. The molecule has 0 aliphatic heterocycles. The Kier molecular flexibility index (Phi) is 2.48. The number of aromatic nitrogens is 1. The van der Waals surface area contributed by atoms with Gasteiger partial charge in [-0.05, 0) is 18.6 Å². The molecule has 0 radical (unpaired) electrons. The lowest BCUT2D eigenvalue weighted by Crippen LogP contribution is -2.19. The van der Waals surface area contributed by atoms with E-state index in [1.54, 1.807) is 13.2 Å². The minimum atomic E-state index is -0.200. The zero-order valence-corrected chi connectivity index (χ0v) is 9.24. The van der Waals surface area contributed by atoms with E-state index < -0.39 is 0 Å². The summed E-state index contributed by atoms with van der Waals surface area (Å²) in [5, 5.41) is 4.22. The number of nitrogen functional groups attached to an aromatic ring is 1. The number of amides is 1. The van der Waals surface area contributed by atoms with E-state index >= 15 is 0 Å². The van der Waals surface area contributed by atoms with Crippen molar-refractivity contribution in [3.8, 4) is 0 Å². The molecule has 0 saturated heterocycles. The second kappa shape index (κ2) is 3.81. The zero-order chi connectivity index (χ0) is 11.7. The van der Waals surface area contributed by atoms with E-state index in [1.807, 2.05) is 25.1 Å². The SMILES string of the molecule is CNC(=O)c1nccc2c(N)c(C)ccc12. The lowest BCUT2D eigenvalue weighted by molar-refractivity contribution is 0.0960. The van der Waals surface area contributed by atoms with Crippen molar-refractivity contribution in [3.05, 3.63) is 35.7 Å². The number of nitrogens with one attached hydrogen (secondary N) is 1. The van der Waals surface area contributed by atoms with Crippen LogP contribution < -0.4 is 11.1 Å². The average Bonchev–Trinajstić information content (AvgIpc) is 2.32. The third-order valence-corrected chi connectivity index (χ3v) is 2.65. The molecule has 0 unspecified atom stereocenters. The molecule has 0 aliphatic carbocycles. The average molecular weight is 215 g/mol. The summed E-state index contributed by atoms with van der Waals surface area (Å²) in [4.78, 5) is 15.7. The standard InChI is InChI=1S/C12H13N3O/c1-7-3-4-9-8(10(7)13)5-6-15-11(9)12(16)14-2/h3-6H,13H2,1-2H3,(H,14,16). The Morgan fingerprint density at radius 1 is 1.31 bits per heavy atom. The number of nitrogens with zero attached hydrogens (tertiary/aromatic N) is 1. The van der Waals surface area contributed by atoms with Crippen LogP contribution >= 0.6 is 0 Å². The number of pyridine rings is 1. The molecule has 2 rings (SSSR count). The van der Waals surface area contributed by atoms with Gasteiger partial charge < -0.3 is 11.1 Å². The van der Waals surface area contributed by atoms with Crippen LogP contribution in [0.1, 0.15) is 16.1 Å². The number of hydrogen-bond donors (Lipinski definition) is 2. The van der Waals surface area contributed by atoms with Gasteiger partial charge in [-0.2, -0.15) is 0 Å². The molecule has 4 heteroatoms. The van der Waals surface area contributed by atoms with Crippen LogP contribution in [0.15, 0.2) is 24.4 Å². The Labute approximate surface area is 93.5 Å². The van der Waals surface area contributed by atoms with Gasteiger partial charge in [0.2, 0.25) is 0 Å². The fraction of sp³-hybridized carbons (Fsp3) is 0.167. The first kappa shape index (κ1) is 10.4. The summed E-state index contributed by atoms with van der Waals surface area (Å²) < 4.78 is 0. The molecule has 0 saturated carbocycles. The molecule has 82 valence electrons.